The van der Waals surface area contributed by atoms with Crippen LogP contribution in [0.2, 0.25) is 0 Å². The van der Waals surface area contributed by atoms with Crippen LogP contribution < -0.4 is 0 Å². The summed E-state index contributed by atoms with van der Waals surface area (Å²) in [5.41, 5.74) is 0. The van der Waals surface area contributed by atoms with E-state index in [1.165, 1.54) is 315 Å². The molecule has 0 radical (unpaired) electrons. The number of carbonyl (C=O) groups excluding carboxylic acids is 3. The topological polar surface area (TPSA) is 78.9 Å². The van der Waals surface area contributed by atoms with E-state index in [1.54, 1.807) is 0 Å². The number of rotatable bonds is 69. The number of hydrogen-bond donors (Lipinski definition) is 0. The molecule has 6 nitrogen and oxygen atoms in total. The predicted octanol–water partition coefficient (Wildman–Crippen LogP) is 25.3. The summed E-state index contributed by atoms with van der Waals surface area (Å²) in [4.78, 5) is 38.2. The smallest absolute Gasteiger partial charge is 0.306 e. The fourth-order valence-corrected chi connectivity index (χ4v) is 11.4. The summed E-state index contributed by atoms with van der Waals surface area (Å²) in [5.74, 6) is -0.835. The summed E-state index contributed by atoms with van der Waals surface area (Å²) in [6, 6.07) is 0. The number of carbonyl (C=O) groups is 3. The average Bonchev–Trinajstić information content (AvgIpc) is 3.47. The zero-order chi connectivity index (χ0) is 58.5. The summed E-state index contributed by atoms with van der Waals surface area (Å²) >= 11 is 0. The van der Waals surface area contributed by atoms with Gasteiger partial charge in [0.05, 0.1) is 0 Å². The third-order valence-corrected chi connectivity index (χ3v) is 17.0. The highest BCUT2D eigenvalue weighted by Gasteiger charge is 2.20. The Hall–Kier alpha value is -2.11. The summed E-state index contributed by atoms with van der Waals surface area (Å²) in [6.07, 6.45) is 86.8. The van der Waals surface area contributed by atoms with E-state index in [0.29, 0.717) is 19.3 Å². The van der Waals surface area contributed by atoms with Gasteiger partial charge in [0.15, 0.2) is 6.10 Å². The molecular formula is C75H142O6. The Bertz CT molecular complexity index is 1310. The van der Waals surface area contributed by atoms with Gasteiger partial charge in [-0.15, -0.1) is 0 Å². The molecule has 1 unspecified atom stereocenters. The molecule has 478 valence electrons. The van der Waals surface area contributed by atoms with Crippen molar-refractivity contribution in [3.63, 3.8) is 0 Å². The second-order valence-electron chi connectivity index (χ2n) is 25.2. The predicted molar refractivity (Wildman–Crippen MR) is 353 cm³/mol. The van der Waals surface area contributed by atoms with Crippen LogP contribution >= 0.6 is 0 Å². The lowest BCUT2D eigenvalue weighted by atomic mass is 10.0. The minimum absolute atomic E-state index is 0.0631. The Kier molecular flexibility index (Phi) is 68.5. The first-order chi connectivity index (χ1) is 40.0. The van der Waals surface area contributed by atoms with E-state index in [1.807, 2.05) is 0 Å². The SMILES string of the molecule is CCCCCCC/C=C\C/C=C\CCCCCCCCCCCCCCCCCCCCCCCCCC(=O)OCC(COC(=O)CCCCCCCCCC)OC(=O)CCCCCCCCCCCCCCCCCCCCCC. The fourth-order valence-electron chi connectivity index (χ4n) is 11.4. The zero-order valence-corrected chi connectivity index (χ0v) is 55.1. The summed E-state index contributed by atoms with van der Waals surface area (Å²) in [7, 11) is 0. The molecule has 0 aromatic heterocycles. The summed E-state index contributed by atoms with van der Waals surface area (Å²) < 4.78 is 16.9. The van der Waals surface area contributed by atoms with Crippen molar-refractivity contribution in [2.45, 2.75) is 425 Å². The van der Waals surface area contributed by atoms with Gasteiger partial charge in [0.2, 0.25) is 0 Å². The number of ether oxygens (including phenoxy) is 3. The number of unbranched alkanes of at least 4 members (excludes halogenated alkanes) is 54. The third kappa shape index (κ3) is 68.6. The lowest BCUT2D eigenvalue weighted by molar-refractivity contribution is -0.167. The Morgan fingerprint density at radius 2 is 0.444 bits per heavy atom. The molecule has 0 fully saturated rings. The van der Waals surface area contributed by atoms with E-state index in [4.69, 9.17) is 14.2 Å². The van der Waals surface area contributed by atoms with Crippen molar-refractivity contribution in [1.82, 2.24) is 0 Å². The van der Waals surface area contributed by atoms with E-state index in [9.17, 15) is 14.4 Å². The van der Waals surface area contributed by atoms with Crippen LogP contribution in [0.4, 0.5) is 0 Å². The van der Waals surface area contributed by atoms with Crippen molar-refractivity contribution in [1.29, 1.82) is 0 Å². The number of hydrogen-bond acceptors (Lipinski definition) is 6. The van der Waals surface area contributed by atoms with Gasteiger partial charge >= 0.3 is 17.9 Å². The number of allylic oxidation sites excluding steroid dienone is 4. The van der Waals surface area contributed by atoms with Gasteiger partial charge in [-0.2, -0.15) is 0 Å². The highest BCUT2D eigenvalue weighted by atomic mass is 16.6. The van der Waals surface area contributed by atoms with Crippen molar-refractivity contribution < 1.29 is 28.6 Å². The van der Waals surface area contributed by atoms with Gasteiger partial charge in [-0.05, 0) is 51.4 Å². The molecule has 0 aromatic rings. The van der Waals surface area contributed by atoms with Crippen LogP contribution in [0.3, 0.4) is 0 Å². The van der Waals surface area contributed by atoms with Crippen molar-refractivity contribution in [2.75, 3.05) is 13.2 Å². The molecule has 0 amide bonds. The molecule has 0 rings (SSSR count). The molecule has 0 saturated heterocycles. The van der Waals surface area contributed by atoms with Gasteiger partial charge in [-0.1, -0.05) is 373 Å². The van der Waals surface area contributed by atoms with E-state index >= 15 is 0 Å². The second kappa shape index (κ2) is 70.4. The molecule has 1 atom stereocenters. The van der Waals surface area contributed by atoms with Gasteiger partial charge in [-0.3, -0.25) is 14.4 Å². The molecule has 0 spiro atoms. The average molecular weight is 1140 g/mol. The molecule has 0 aliphatic heterocycles. The Morgan fingerprint density at radius 3 is 0.679 bits per heavy atom. The molecule has 0 N–H and O–H groups in total. The Morgan fingerprint density at radius 1 is 0.247 bits per heavy atom. The molecule has 0 aromatic carbocycles. The molecule has 0 aliphatic carbocycles. The lowest BCUT2D eigenvalue weighted by Gasteiger charge is -2.18. The molecule has 81 heavy (non-hydrogen) atoms. The summed E-state index contributed by atoms with van der Waals surface area (Å²) in [6.45, 7) is 6.68. The minimum Gasteiger partial charge on any atom is -0.462 e. The molecular weight excluding hydrogens is 997 g/mol. The fraction of sp³-hybridized carbons (Fsp3) is 0.907. The van der Waals surface area contributed by atoms with Crippen LogP contribution in [0.1, 0.15) is 419 Å². The first-order valence-electron chi connectivity index (χ1n) is 36.8. The van der Waals surface area contributed by atoms with Gasteiger partial charge in [0.1, 0.15) is 13.2 Å². The van der Waals surface area contributed by atoms with Crippen LogP contribution in [0.25, 0.3) is 0 Å². The van der Waals surface area contributed by atoms with Crippen LogP contribution in [0.15, 0.2) is 24.3 Å². The molecule has 6 heteroatoms. The Balaban J connectivity index is 3.95. The second-order valence-corrected chi connectivity index (χ2v) is 25.2. The highest BCUT2D eigenvalue weighted by Crippen LogP contribution is 2.19. The molecule has 0 heterocycles. The standard InChI is InChI=1S/C75H142O6/c1-4-7-10-13-16-19-21-23-25-27-29-31-32-33-34-35-36-37-38-39-40-41-42-43-44-45-47-48-50-52-54-56-59-62-65-68-74(77)80-71-72(70-79-73(76)67-64-61-58-18-15-12-9-6-3)81-75(78)69-66-63-60-57-55-53-51-49-46-30-28-26-24-22-20-17-14-11-8-5-2/h21,23,27,29,72H,4-20,22,24-26,28,30-71H2,1-3H3/b23-21-,29-27-. The largest absolute Gasteiger partial charge is 0.462 e. The van der Waals surface area contributed by atoms with Crippen LogP contribution in [0, 0.1) is 0 Å². The van der Waals surface area contributed by atoms with Crippen molar-refractivity contribution in [2.24, 2.45) is 0 Å². The first kappa shape index (κ1) is 78.9. The van der Waals surface area contributed by atoms with Crippen molar-refractivity contribution >= 4 is 17.9 Å². The zero-order valence-electron chi connectivity index (χ0n) is 55.1. The van der Waals surface area contributed by atoms with Crippen LogP contribution in [0.5, 0.6) is 0 Å². The third-order valence-electron chi connectivity index (χ3n) is 17.0. The maximum absolute atomic E-state index is 12.9. The van der Waals surface area contributed by atoms with Gasteiger partial charge in [-0.25, -0.2) is 0 Å². The molecule has 0 bridgehead atoms. The minimum atomic E-state index is -0.764. The van der Waals surface area contributed by atoms with Crippen LogP contribution in [-0.4, -0.2) is 37.2 Å². The van der Waals surface area contributed by atoms with E-state index < -0.39 is 6.10 Å². The number of esters is 3. The maximum atomic E-state index is 12.9. The highest BCUT2D eigenvalue weighted by molar-refractivity contribution is 5.71. The Labute approximate surface area is 506 Å². The first-order valence-corrected chi connectivity index (χ1v) is 36.8. The van der Waals surface area contributed by atoms with Gasteiger partial charge < -0.3 is 14.2 Å². The van der Waals surface area contributed by atoms with Gasteiger partial charge in [0.25, 0.3) is 0 Å². The quantitative estimate of drug-likeness (QED) is 0.0261. The van der Waals surface area contributed by atoms with E-state index in [-0.39, 0.29) is 31.1 Å². The van der Waals surface area contributed by atoms with Crippen LogP contribution in [-0.2, 0) is 28.6 Å². The van der Waals surface area contributed by atoms with E-state index in [2.05, 4.69) is 45.1 Å². The molecule has 0 saturated carbocycles. The summed E-state index contributed by atoms with van der Waals surface area (Å²) in [5, 5.41) is 0. The van der Waals surface area contributed by atoms with Crippen molar-refractivity contribution in [3.8, 4) is 0 Å². The van der Waals surface area contributed by atoms with Gasteiger partial charge in [0, 0.05) is 19.3 Å². The van der Waals surface area contributed by atoms with E-state index in [0.717, 1.165) is 64.2 Å². The van der Waals surface area contributed by atoms with Crippen molar-refractivity contribution in [3.05, 3.63) is 24.3 Å². The normalized spacial score (nSPS) is 12.1. The monoisotopic (exact) mass is 1140 g/mol. The lowest BCUT2D eigenvalue weighted by Crippen LogP contribution is -2.30. The molecule has 0 aliphatic rings. The maximum Gasteiger partial charge on any atom is 0.306 e.